The van der Waals surface area contributed by atoms with Gasteiger partial charge >= 0.3 is 0 Å². The van der Waals surface area contributed by atoms with Crippen LogP contribution in [0, 0.1) is 0 Å². The highest BCUT2D eigenvalue weighted by Crippen LogP contribution is 2.18. The van der Waals surface area contributed by atoms with Crippen molar-refractivity contribution in [2.75, 3.05) is 11.9 Å². The summed E-state index contributed by atoms with van der Waals surface area (Å²) in [4.78, 5) is 31.7. The average molecular weight is 406 g/mol. The zero-order valence-corrected chi connectivity index (χ0v) is 15.7. The number of hydrogen-bond donors (Lipinski definition) is 2. The van der Waals surface area contributed by atoms with Crippen molar-refractivity contribution in [2.24, 2.45) is 0 Å². The molecule has 0 saturated heterocycles. The van der Waals surface area contributed by atoms with Crippen molar-refractivity contribution in [3.63, 3.8) is 0 Å². The summed E-state index contributed by atoms with van der Waals surface area (Å²) in [5.74, 6) is 0.417. The quantitative estimate of drug-likeness (QED) is 0.596. The molecule has 3 aromatic rings. The van der Waals surface area contributed by atoms with E-state index in [2.05, 4.69) is 25.8 Å². The number of benzene rings is 1. The molecule has 8 nitrogen and oxygen atoms in total. The second kappa shape index (κ2) is 9.24. The molecule has 0 radical (unpaired) electrons. The van der Waals surface area contributed by atoms with Gasteiger partial charge in [0.15, 0.2) is 5.13 Å². The Morgan fingerprint density at radius 1 is 1.15 bits per heavy atom. The Morgan fingerprint density at radius 3 is 2.67 bits per heavy atom. The summed E-state index contributed by atoms with van der Waals surface area (Å²) in [5.41, 5.74) is 0.796. The van der Waals surface area contributed by atoms with Crippen LogP contribution in [-0.4, -0.2) is 33.5 Å². The number of nitrogens with one attached hydrogen (secondary N) is 2. The fraction of sp³-hybridized carbons (Fsp3) is 0.235. The molecule has 0 atom stereocenters. The predicted molar refractivity (Wildman–Crippen MR) is 101 cm³/mol. The van der Waals surface area contributed by atoms with E-state index in [0.29, 0.717) is 34.8 Å². The lowest BCUT2D eigenvalue weighted by atomic mass is 10.2. The minimum atomic E-state index is -0.246. The summed E-state index contributed by atoms with van der Waals surface area (Å²) in [7, 11) is 0. The molecule has 0 saturated carbocycles. The lowest BCUT2D eigenvalue weighted by Gasteiger charge is -2.03. The molecule has 0 unspecified atom stereocenters. The zero-order valence-electron chi connectivity index (χ0n) is 14.1. The van der Waals surface area contributed by atoms with Crippen LogP contribution in [0.15, 0.2) is 40.4 Å². The molecule has 0 aliphatic carbocycles. The molecule has 2 N–H and O–H groups in total. The smallest absolute Gasteiger partial charge is 0.228 e. The number of aromatic nitrogens is 3. The van der Waals surface area contributed by atoms with Gasteiger partial charge in [0.25, 0.3) is 0 Å². The molecule has 0 bridgehead atoms. The minimum absolute atomic E-state index is 0.0900. The molecule has 3 rings (SSSR count). The Hall–Kier alpha value is -2.78. The van der Waals surface area contributed by atoms with Gasteiger partial charge < -0.3 is 15.2 Å². The molecule has 1 aromatic carbocycles. The van der Waals surface area contributed by atoms with Crippen molar-refractivity contribution in [3.05, 3.63) is 46.8 Å². The highest BCUT2D eigenvalue weighted by molar-refractivity contribution is 7.13. The number of carbonyl (C=O) groups is 2. The molecule has 2 heterocycles. The van der Waals surface area contributed by atoms with Gasteiger partial charge in [-0.3, -0.25) is 9.59 Å². The van der Waals surface area contributed by atoms with Crippen molar-refractivity contribution >= 4 is 39.9 Å². The summed E-state index contributed by atoms with van der Waals surface area (Å²) < 4.78 is 5.17. The summed E-state index contributed by atoms with van der Waals surface area (Å²) in [6.45, 7) is 0.342. The van der Waals surface area contributed by atoms with Crippen LogP contribution in [0.5, 0.6) is 0 Å². The Balaban J connectivity index is 1.37. The van der Waals surface area contributed by atoms with Gasteiger partial charge in [-0.2, -0.15) is 4.98 Å². The third-order valence-corrected chi connectivity index (χ3v) is 4.43. The van der Waals surface area contributed by atoms with Crippen molar-refractivity contribution in [1.29, 1.82) is 0 Å². The first-order valence-electron chi connectivity index (χ1n) is 8.15. The molecule has 0 spiro atoms. The predicted octanol–water partition coefficient (Wildman–Crippen LogP) is 2.92. The van der Waals surface area contributed by atoms with Gasteiger partial charge in [0.05, 0.1) is 0 Å². The van der Waals surface area contributed by atoms with Gasteiger partial charge in [-0.15, -0.1) is 11.3 Å². The number of anilines is 1. The standard InChI is InChI=1S/C17H16ClN5O3S/c18-12-3-1-11(2-4-12)16-22-15(26-23-16)7-8-19-13(24)5-6-14(25)21-17-20-9-10-27-17/h1-4,9-10H,5-8H2,(H,19,24)(H,20,21,25). The highest BCUT2D eigenvalue weighted by Gasteiger charge is 2.11. The maximum absolute atomic E-state index is 11.8. The number of hydrogen-bond acceptors (Lipinski definition) is 7. The minimum Gasteiger partial charge on any atom is -0.356 e. The van der Waals surface area contributed by atoms with Crippen LogP contribution in [0.25, 0.3) is 11.4 Å². The molecule has 2 aromatic heterocycles. The van der Waals surface area contributed by atoms with Gasteiger partial charge in [0, 0.05) is 48.0 Å². The van der Waals surface area contributed by atoms with E-state index in [4.69, 9.17) is 16.1 Å². The van der Waals surface area contributed by atoms with Crippen LogP contribution < -0.4 is 10.6 Å². The molecular weight excluding hydrogens is 390 g/mol. The molecule has 140 valence electrons. The van der Waals surface area contributed by atoms with Crippen molar-refractivity contribution in [1.82, 2.24) is 20.4 Å². The second-order valence-corrected chi connectivity index (χ2v) is 6.84. The van der Waals surface area contributed by atoms with Crippen molar-refractivity contribution < 1.29 is 14.1 Å². The molecular formula is C17H16ClN5O3S. The highest BCUT2D eigenvalue weighted by atomic mass is 35.5. The number of carbonyl (C=O) groups excluding carboxylic acids is 2. The van der Waals surface area contributed by atoms with Gasteiger partial charge in [-0.1, -0.05) is 16.8 Å². The monoisotopic (exact) mass is 405 g/mol. The second-order valence-electron chi connectivity index (χ2n) is 5.50. The first kappa shape index (κ1) is 19.0. The zero-order chi connectivity index (χ0) is 19.1. The Kier molecular flexibility index (Phi) is 6.50. The number of halogens is 1. The number of rotatable bonds is 8. The fourth-order valence-electron chi connectivity index (χ4n) is 2.16. The van der Waals surface area contributed by atoms with Gasteiger partial charge in [0.1, 0.15) is 0 Å². The van der Waals surface area contributed by atoms with Crippen molar-refractivity contribution in [3.8, 4) is 11.4 Å². The van der Waals surface area contributed by atoms with Crippen LogP contribution in [0.4, 0.5) is 5.13 Å². The van der Waals surface area contributed by atoms with Crippen LogP contribution in [0.2, 0.25) is 5.02 Å². The maximum atomic E-state index is 11.8. The normalized spacial score (nSPS) is 10.6. The fourth-order valence-corrected chi connectivity index (χ4v) is 2.83. The number of nitrogens with zero attached hydrogens (tertiary/aromatic N) is 3. The largest absolute Gasteiger partial charge is 0.356 e. The molecule has 0 fully saturated rings. The van der Waals surface area contributed by atoms with Gasteiger partial charge in [-0.25, -0.2) is 4.98 Å². The SMILES string of the molecule is O=C(CCC(=O)Nc1nccs1)NCCc1nc(-c2ccc(Cl)cc2)no1. The third kappa shape index (κ3) is 5.87. The Labute approximate surface area is 164 Å². The van der Waals surface area contributed by atoms with E-state index >= 15 is 0 Å². The van der Waals surface area contributed by atoms with E-state index in [0.717, 1.165) is 5.56 Å². The molecule has 27 heavy (non-hydrogen) atoms. The number of amides is 2. The lowest BCUT2D eigenvalue weighted by molar-refractivity contribution is -0.124. The molecule has 0 aliphatic rings. The summed E-state index contributed by atoms with van der Waals surface area (Å²) in [6.07, 6.45) is 2.18. The van der Waals surface area contributed by atoms with Gasteiger partial charge in [0.2, 0.25) is 23.5 Å². The Morgan fingerprint density at radius 2 is 1.93 bits per heavy atom. The van der Waals surface area contributed by atoms with E-state index in [-0.39, 0.29) is 24.7 Å². The molecule has 10 heteroatoms. The van der Waals surface area contributed by atoms with E-state index in [1.165, 1.54) is 11.3 Å². The maximum Gasteiger partial charge on any atom is 0.228 e. The van der Waals surface area contributed by atoms with E-state index in [1.54, 1.807) is 35.8 Å². The molecule has 0 aliphatic heterocycles. The first-order valence-corrected chi connectivity index (χ1v) is 9.40. The average Bonchev–Trinajstić information content (AvgIpc) is 3.33. The Bertz CT molecular complexity index is 896. The van der Waals surface area contributed by atoms with E-state index in [1.807, 2.05) is 0 Å². The number of thiazole rings is 1. The van der Waals surface area contributed by atoms with Crippen LogP contribution in [0.1, 0.15) is 18.7 Å². The van der Waals surface area contributed by atoms with Gasteiger partial charge in [-0.05, 0) is 24.3 Å². The summed E-state index contributed by atoms with van der Waals surface area (Å²) in [6, 6.07) is 7.10. The molecule has 2 amide bonds. The third-order valence-electron chi connectivity index (χ3n) is 3.49. The first-order chi connectivity index (χ1) is 13.1. The summed E-state index contributed by atoms with van der Waals surface area (Å²) in [5, 5.41) is 12.2. The van der Waals surface area contributed by atoms with Crippen molar-refractivity contribution in [2.45, 2.75) is 19.3 Å². The van der Waals surface area contributed by atoms with E-state index in [9.17, 15) is 9.59 Å². The summed E-state index contributed by atoms with van der Waals surface area (Å²) >= 11 is 7.18. The van der Waals surface area contributed by atoms with Crippen LogP contribution in [0.3, 0.4) is 0 Å². The van der Waals surface area contributed by atoms with Crippen LogP contribution in [-0.2, 0) is 16.0 Å². The lowest BCUT2D eigenvalue weighted by Crippen LogP contribution is -2.26. The van der Waals surface area contributed by atoms with E-state index < -0.39 is 0 Å². The topological polar surface area (TPSA) is 110 Å². The van der Waals surface area contributed by atoms with Crippen LogP contribution >= 0.6 is 22.9 Å².